The van der Waals surface area contributed by atoms with Crippen LogP contribution in [0.25, 0.3) is 0 Å². The maximum atomic E-state index is 15.0. The van der Waals surface area contributed by atoms with E-state index in [1.807, 2.05) is 6.92 Å². The molecule has 1 saturated heterocycles. The summed E-state index contributed by atoms with van der Waals surface area (Å²) in [5.74, 6) is 0.0318. The zero-order chi connectivity index (χ0) is 22.8. The molecule has 0 spiro atoms. The molecule has 4 rings (SSSR count). The Morgan fingerprint density at radius 2 is 2.16 bits per heavy atom. The molecule has 0 aliphatic carbocycles. The van der Waals surface area contributed by atoms with Gasteiger partial charge in [-0.1, -0.05) is 18.7 Å². The fraction of sp³-hybridized carbons (Fsp3) is 0.429. The number of aliphatic imine (C=N–C) groups is 1. The number of ether oxygens (including phenoxy) is 3. The molecule has 3 heterocycles. The molecule has 1 aromatic carbocycles. The van der Waals surface area contributed by atoms with E-state index in [-0.39, 0.29) is 18.2 Å². The Bertz CT molecular complexity index is 1040. The highest BCUT2D eigenvalue weighted by molar-refractivity contribution is 8.13. The number of carbonyl (C=O) groups excluding carboxylic acids is 1. The zero-order valence-corrected chi connectivity index (χ0v) is 18.6. The minimum Gasteiger partial charge on any atom is -0.474 e. The molecule has 9 nitrogen and oxygen atoms in total. The van der Waals surface area contributed by atoms with Crippen LogP contribution in [0.3, 0.4) is 0 Å². The summed E-state index contributed by atoms with van der Waals surface area (Å²) in [6, 6.07) is 4.38. The number of rotatable bonds is 7. The molecule has 2 aliphatic heterocycles. The third-order valence-electron chi connectivity index (χ3n) is 5.64. The number of methoxy groups -OCH3 is 1. The third kappa shape index (κ3) is 4.15. The van der Waals surface area contributed by atoms with Gasteiger partial charge in [0.15, 0.2) is 5.17 Å². The number of fused-ring (bicyclic) bond motifs is 1. The smallest absolute Gasteiger partial charge is 0.275 e. The Morgan fingerprint density at radius 3 is 2.91 bits per heavy atom. The van der Waals surface area contributed by atoms with Crippen molar-refractivity contribution in [1.29, 1.82) is 0 Å². The standard InChI is InChI=1S/C21H24FN5O4S/c1-20-10-30-11-21(20,27-19(23)32-12-20)14-7-13(3-4-15(14)22)26-18(28)16-8-25-17(9-24-16)31-6-5-29-2/h3-4,7-9H,5-6,10-12H2,1-2H3,(H2,23,27)(H,26,28)/t20-,21+/m0/s1. The average Bonchev–Trinajstić information content (AvgIpc) is 3.13. The number of hydrogen-bond acceptors (Lipinski definition) is 9. The molecule has 32 heavy (non-hydrogen) atoms. The third-order valence-corrected chi connectivity index (χ3v) is 6.81. The summed E-state index contributed by atoms with van der Waals surface area (Å²) < 4.78 is 31.0. The van der Waals surface area contributed by atoms with E-state index in [1.165, 1.54) is 36.3 Å². The van der Waals surface area contributed by atoms with Gasteiger partial charge in [-0.2, -0.15) is 0 Å². The van der Waals surface area contributed by atoms with Gasteiger partial charge in [-0.25, -0.2) is 19.4 Å². The zero-order valence-electron chi connectivity index (χ0n) is 17.8. The molecule has 1 amide bonds. The van der Waals surface area contributed by atoms with Crippen molar-refractivity contribution < 1.29 is 23.4 Å². The van der Waals surface area contributed by atoms with E-state index in [0.29, 0.717) is 42.0 Å². The van der Waals surface area contributed by atoms with E-state index in [4.69, 9.17) is 19.9 Å². The van der Waals surface area contributed by atoms with Gasteiger partial charge in [0.2, 0.25) is 5.88 Å². The molecule has 0 radical (unpaired) electrons. The fourth-order valence-electron chi connectivity index (χ4n) is 3.82. The normalized spacial score (nSPS) is 24.5. The molecule has 1 aromatic heterocycles. The van der Waals surface area contributed by atoms with Crippen molar-refractivity contribution in [3.8, 4) is 5.88 Å². The Morgan fingerprint density at radius 1 is 1.31 bits per heavy atom. The van der Waals surface area contributed by atoms with Gasteiger partial charge in [-0.15, -0.1) is 0 Å². The first-order valence-corrected chi connectivity index (χ1v) is 11.0. The SMILES string of the molecule is COCCOc1cnc(C(=O)Nc2ccc(F)c([C@]34COC[C@@]3(C)CSC(N)=N4)c2)cn1. The molecule has 1 fully saturated rings. The predicted octanol–water partition coefficient (Wildman–Crippen LogP) is 2.19. The van der Waals surface area contributed by atoms with Crippen molar-refractivity contribution in [2.45, 2.75) is 12.5 Å². The summed E-state index contributed by atoms with van der Waals surface area (Å²) in [7, 11) is 1.57. The first-order valence-electron chi connectivity index (χ1n) is 9.98. The first-order chi connectivity index (χ1) is 15.4. The van der Waals surface area contributed by atoms with Gasteiger partial charge in [-0.05, 0) is 18.2 Å². The van der Waals surface area contributed by atoms with Crippen molar-refractivity contribution in [3.05, 3.63) is 47.7 Å². The summed E-state index contributed by atoms with van der Waals surface area (Å²) in [6.07, 6.45) is 2.67. The van der Waals surface area contributed by atoms with E-state index >= 15 is 0 Å². The molecule has 170 valence electrons. The van der Waals surface area contributed by atoms with Crippen LogP contribution in [0.4, 0.5) is 10.1 Å². The number of nitrogens with one attached hydrogen (secondary N) is 1. The molecule has 2 aromatic rings. The second kappa shape index (κ2) is 9.00. The van der Waals surface area contributed by atoms with Crippen LogP contribution in [0.1, 0.15) is 23.0 Å². The number of carbonyl (C=O) groups is 1. The predicted molar refractivity (Wildman–Crippen MR) is 118 cm³/mol. The number of aromatic nitrogens is 2. The number of anilines is 1. The van der Waals surface area contributed by atoms with Gasteiger partial charge in [0.25, 0.3) is 5.91 Å². The van der Waals surface area contributed by atoms with E-state index in [1.54, 1.807) is 13.2 Å². The summed E-state index contributed by atoms with van der Waals surface area (Å²) in [6.45, 7) is 3.41. The van der Waals surface area contributed by atoms with Crippen molar-refractivity contribution in [3.63, 3.8) is 0 Å². The molecule has 0 unspecified atom stereocenters. The lowest BCUT2D eigenvalue weighted by molar-refractivity contribution is 0.102. The first kappa shape index (κ1) is 22.4. The maximum absolute atomic E-state index is 15.0. The molecule has 2 aliphatic rings. The van der Waals surface area contributed by atoms with E-state index in [0.717, 1.165) is 0 Å². The number of hydrogen-bond donors (Lipinski definition) is 2. The summed E-state index contributed by atoms with van der Waals surface area (Å²) in [5.41, 5.74) is 5.47. The highest BCUT2D eigenvalue weighted by Gasteiger charge is 2.57. The van der Waals surface area contributed by atoms with E-state index in [9.17, 15) is 9.18 Å². The lowest BCUT2D eigenvalue weighted by atomic mass is 9.70. The summed E-state index contributed by atoms with van der Waals surface area (Å²) in [4.78, 5) is 25.4. The molecule has 2 atom stereocenters. The van der Waals surface area contributed by atoms with Gasteiger partial charge in [0.05, 0.1) is 32.2 Å². The van der Waals surface area contributed by atoms with Crippen LogP contribution in [-0.4, -0.2) is 60.3 Å². The topological polar surface area (TPSA) is 121 Å². The minimum absolute atomic E-state index is 0.0958. The molecule has 3 N–H and O–H groups in total. The second-order valence-electron chi connectivity index (χ2n) is 7.88. The molecule has 11 heteroatoms. The van der Waals surface area contributed by atoms with Gasteiger partial charge in [0.1, 0.15) is 23.7 Å². The van der Waals surface area contributed by atoms with E-state index < -0.39 is 22.7 Å². The number of amides is 1. The lowest BCUT2D eigenvalue weighted by Crippen LogP contribution is -2.48. The lowest BCUT2D eigenvalue weighted by Gasteiger charge is -2.42. The Balaban J connectivity index is 1.56. The quantitative estimate of drug-likeness (QED) is 0.602. The van der Waals surface area contributed by atoms with Crippen LogP contribution in [-0.2, 0) is 15.0 Å². The Labute approximate surface area is 189 Å². The molecule has 0 saturated carbocycles. The van der Waals surface area contributed by atoms with Crippen LogP contribution in [0.2, 0.25) is 0 Å². The van der Waals surface area contributed by atoms with Gasteiger partial charge in [-0.3, -0.25) is 4.79 Å². The van der Waals surface area contributed by atoms with Crippen molar-refractivity contribution in [1.82, 2.24) is 9.97 Å². The molecular formula is C21H24FN5O4S. The number of halogens is 1. The van der Waals surface area contributed by atoms with Crippen LogP contribution in [0.15, 0.2) is 35.6 Å². The monoisotopic (exact) mass is 461 g/mol. The van der Waals surface area contributed by atoms with Crippen molar-refractivity contribution in [2.75, 3.05) is 44.6 Å². The average molecular weight is 462 g/mol. The summed E-state index contributed by atoms with van der Waals surface area (Å²) in [5, 5.41) is 3.14. The fourth-order valence-corrected chi connectivity index (χ4v) is 4.82. The minimum atomic E-state index is -0.950. The van der Waals surface area contributed by atoms with Gasteiger partial charge >= 0.3 is 0 Å². The van der Waals surface area contributed by atoms with Crippen LogP contribution >= 0.6 is 11.8 Å². The highest BCUT2D eigenvalue weighted by atomic mass is 32.2. The number of benzene rings is 1. The number of thioether (sulfide) groups is 1. The largest absolute Gasteiger partial charge is 0.474 e. The van der Waals surface area contributed by atoms with Crippen LogP contribution < -0.4 is 15.8 Å². The van der Waals surface area contributed by atoms with Crippen molar-refractivity contribution in [2.24, 2.45) is 16.1 Å². The van der Waals surface area contributed by atoms with Gasteiger partial charge in [0, 0.05) is 29.5 Å². The number of nitrogens with two attached hydrogens (primary N) is 1. The Hall–Kier alpha value is -2.76. The number of nitrogens with zero attached hydrogens (tertiary/aromatic N) is 3. The summed E-state index contributed by atoms with van der Waals surface area (Å²) >= 11 is 1.43. The van der Waals surface area contributed by atoms with Crippen molar-refractivity contribution >= 4 is 28.5 Å². The van der Waals surface area contributed by atoms with Gasteiger partial charge < -0.3 is 25.3 Å². The van der Waals surface area contributed by atoms with E-state index in [2.05, 4.69) is 20.3 Å². The van der Waals surface area contributed by atoms with Crippen LogP contribution in [0, 0.1) is 11.2 Å². The molecule has 0 bridgehead atoms. The molecular weight excluding hydrogens is 437 g/mol. The van der Waals surface area contributed by atoms with Crippen LogP contribution in [0.5, 0.6) is 5.88 Å². The maximum Gasteiger partial charge on any atom is 0.275 e. The number of amidine groups is 1. The Kier molecular flexibility index (Phi) is 6.31. The second-order valence-corrected chi connectivity index (χ2v) is 8.88. The highest BCUT2D eigenvalue weighted by Crippen LogP contribution is 2.53.